The van der Waals surface area contributed by atoms with E-state index in [1.54, 1.807) is 0 Å². The van der Waals surface area contributed by atoms with Gasteiger partial charge in [-0.1, -0.05) is 18.2 Å². The van der Waals surface area contributed by atoms with Crippen molar-refractivity contribution in [1.29, 1.82) is 0 Å². The maximum atomic E-state index is 5.85. The molecule has 3 nitrogen and oxygen atoms in total. The summed E-state index contributed by atoms with van der Waals surface area (Å²) in [5.41, 5.74) is 2.40. The van der Waals surface area contributed by atoms with Crippen LogP contribution in [0.5, 0.6) is 5.88 Å². The number of rotatable bonds is 4. The number of aromatic nitrogens is 1. The average molecular weight is 245 g/mol. The minimum atomic E-state index is 0.685. The van der Waals surface area contributed by atoms with Crippen LogP contribution in [-0.2, 0) is 6.54 Å². The zero-order valence-electron chi connectivity index (χ0n) is 11.6. The van der Waals surface area contributed by atoms with Gasteiger partial charge in [-0.3, -0.25) is 0 Å². The van der Waals surface area contributed by atoms with Crippen molar-refractivity contribution in [3.8, 4) is 5.88 Å². The van der Waals surface area contributed by atoms with E-state index in [-0.39, 0.29) is 0 Å². The van der Waals surface area contributed by atoms with Gasteiger partial charge in [0.2, 0.25) is 5.88 Å². The fraction of sp³-hybridized carbons (Fsp3) is 0.400. The van der Waals surface area contributed by atoms with E-state index >= 15 is 0 Å². The predicted molar refractivity (Wildman–Crippen MR) is 76.1 cm³/mol. The Morgan fingerprint density at radius 1 is 1.22 bits per heavy atom. The maximum Gasteiger partial charge on any atom is 0.208 e. The second kappa shape index (κ2) is 5.25. The second-order valence-electron chi connectivity index (χ2n) is 4.51. The summed E-state index contributed by atoms with van der Waals surface area (Å²) in [6.07, 6.45) is 2.12. The van der Waals surface area contributed by atoms with E-state index in [0.29, 0.717) is 6.61 Å². The van der Waals surface area contributed by atoms with Gasteiger partial charge in [-0.15, -0.1) is 0 Å². The molecule has 0 saturated carbocycles. The first kappa shape index (κ1) is 12.7. The van der Waals surface area contributed by atoms with E-state index < -0.39 is 0 Å². The number of aryl methyl sites for hydroxylation is 1. The normalized spacial score (nSPS) is 10.7. The Kier molecular flexibility index (Phi) is 3.70. The van der Waals surface area contributed by atoms with E-state index in [4.69, 9.17) is 4.74 Å². The highest BCUT2D eigenvalue weighted by atomic mass is 16.5. The van der Waals surface area contributed by atoms with Crippen LogP contribution < -0.4 is 4.74 Å². The van der Waals surface area contributed by atoms with Gasteiger partial charge in [0, 0.05) is 11.9 Å². The Bertz CT molecular complexity index is 577. The van der Waals surface area contributed by atoms with Crippen LogP contribution in [0.4, 0.5) is 0 Å². The van der Waals surface area contributed by atoms with Crippen LogP contribution in [0, 0.1) is 0 Å². The summed E-state index contributed by atoms with van der Waals surface area (Å²) >= 11 is 0. The van der Waals surface area contributed by atoms with E-state index in [2.05, 4.69) is 46.5 Å². The summed E-state index contributed by atoms with van der Waals surface area (Å²) in [5.74, 6) is 0.968. The van der Waals surface area contributed by atoms with Crippen LogP contribution in [0.25, 0.3) is 10.9 Å². The van der Waals surface area contributed by atoms with Crippen molar-refractivity contribution in [2.75, 3.05) is 20.7 Å². The highest BCUT2D eigenvalue weighted by Gasteiger charge is 2.17. The molecule has 2 rings (SSSR count). The molecular weight excluding hydrogens is 224 g/mol. The summed E-state index contributed by atoms with van der Waals surface area (Å²) < 4.78 is 10.1. The minimum Gasteiger partial charge on any atom is -0.479 e. The van der Waals surface area contributed by atoms with Gasteiger partial charge < -0.3 is 9.30 Å². The first-order chi connectivity index (χ1) is 8.69. The lowest BCUT2D eigenvalue weighted by molar-refractivity contribution is -0.458. The fourth-order valence-corrected chi connectivity index (χ4v) is 2.30. The van der Waals surface area contributed by atoms with E-state index in [1.807, 2.05) is 21.0 Å². The first-order valence-electron chi connectivity index (χ1n) is 6.44. The zero-order chi connectivity index (χ0) is 13.1. The third-order valence-corrected chi connectivity index (χ3v) is 2.95. The first-order valence-corrected chi connectivity index (χ1v) is 6.44. The zero-order valence-corrected chi connectivity index (χ0v) is 11.6. The molecule has 1 heterocycles. The lowest BCUT2D eigenvalue weighted by Gasteiger charge is -2.08. The molecular formula is C15H21N2O+. The molecule has 0 aliphatic rings. The van der Waals surface area contributed by atoms with E-state index in [1.165, 1.54) is 16.5 Å². The summed E-state index contributed by atoms with van der Waals surface area (Å²) in [4.78, 5) is 0. The number of ether oxygens (including phenoxy) is 1. The molecule has 0 aliphatic carbocycles. The molecule has 0 saturated heterocycles. The monoisotopic (exact) mass is 245 g/mol. The third-order valence-electron chi connectivity index (χ3n) is 2.95. The lowest BCUT2D eigenvalue weighted by Crippen LogP contribution is -2.05. The Labute approximate surface area is 108 Å². The molecule has 3 heteroatoms. The number of benzene rings is 1. The van der Waals surface area contributed by atoms with Crippen molar-refractivity contribution in [3.63, 3.8) is 0 Å². The Morgan fingerprint density at radius 2 is 1.94 bits per heavy atom. The van der Waals surface area contributed by atoms with Gasteiger partial charge in [0.15, 0.2) is 6.21 Å². The van der Waals surface area contributed by atoms with Crippen molar-refractivity contribution < 1.29 is 9.31 Å². The van der Waals surface area contributed by atoms with Gasteiger partial charge in [0.05, 0.1) is 12.1 Å². The number of para-hydroxylation sites is 1. The van der Waals surface area contributed by atoms with Crippen molar-refractivity contribution in [3.05, 3.63) is 29.8 Å². The molecule has 0 amide bonds. The van der Waals surface area contributed by atoms with Crippen LogP contribution in [0.2, 0.25) is 0 Å². The average Bonchev–Trinajstić information content (AvgIpc) is 2.64. The molecule has 0 spiro atoms. The third kappa shape index (κ3) is 2.13. The molecule has 18 heavy (non-hydrogen) atoms. The molecule has 1 aromatic carbocycles. The van der Waals surface area contributed by atoms with Crippen molar-refractivity contribution in [1.82, 2.24) is 4.57 Å². The molecule has 0 fully saturated rings. The molecule has 0 atom stereocenters. The molecule has 0 bridgehead atoms. The lowest BCUT2D eigenvalue weighted by atomic mass is 10.2. The summed E-state index contributed by atoms with van der Waals surface area (Å²) in [6, 6.07) is 8.45. The Morgan fingerprint density at radius 3 is 2.56 bits per heavy atom. The summed E-state index contributed by atoms with van der Waals surface area (Å²) in [5, 5.41) is 1.25. The van der Waals surface area contributed by atoms with Crippen LogP contribution >= 0.6 is 0 Å². The summed E-state index contributed by atoms with van der Waals surface area (Å²) in [6.45, 7) is 5.77. The molecule has 0 aliphatic heterocycles. The van der Waals surface area contributed by atoms with Crippen LogP contribution in [0.15, 0.2) is 24.3 Å². The molecule has 2 aromatic rings. The fourth-order valence-electron chi connectivity index (χ4n) is 2.30. The van der Waals surface area contributed by atoms with Crippen molar-refractivity contribution >= 4 is 17.1 Å². The number of hydrogen-bond donors (Lipinski definition) is 0. The van der Waals surface area contributed by atoms with E-state index in [9.17, 15) is 0 Å². The van der Waals surface area contributed by atoms with E-state index in [0.717, 1.165) is 12.4 Å². The van der Waals surface area contributed by atoms with Crippen molar-refractivity contribution in [2.45, 2.75) is 20.4 Å². The van der Waals surface area contributed by atoms with Crippen LogP contribution in [-0.4, -0.2) is 36.1 Å². The Hall–Kier alpha value is -1.77. The second-order valence-corrected chi connectivity index (χ2v) is 4.51. The largest absolute Gasteiger partial charge is 0.479 e. The van der Waals surface area contributed by atoms with Gasteiger partial charge in [0.25, 0.3) is 0 Å². The number of fused-ring (bicyclic) bond motifs is 1. The van der Waals surface area contributed by atoms with Gasteiger partial charge >= 0.3 is 0 Å². The molecule has 0 unspecified atom stereocenters. The quantitative estimate of drug-likeness (QED) is 0.598. The molecule has 96 valence electrons. The van der Waals surface area contributed by atoms with Gasteiger partial charge in [0.1, 0.15) is 19.7 Å². The highest BCUT2D eigenvalue weighted by Crippen LogP contribution is 2.30. The highest BCUT2D eigenvalue weighted by molar-refractivity contribution is 6.01. The maximum absolute atomic E-state index is 5.85. The van der Waals surface area contributed by atoms with Crippen LogP contribution in [0.1, 0.15) is 19.4 Å². The van der Waals surface area contributed by atoms with Gasteiger partial charge in [-0.25, -0.2) is 4.58 Å². The van der Waals surface area contributed by atoms with Gasteiger partial charge in [-0.2, -0.15) is 0 Å². The molecule has 0 radical (unpaired) electrons. The number of hydrogen-bond acceptors (Lipinski definition) is 1. The standard InChI is InChI=1S/C15H21N2O/c1-5-17-14-10-8-7-9-12(14)13(11-16(3)4)15(17)18-6-2/h7-11H,5-6H2,1-4H3/q+1. The molecule has 0 N–H and O–H groups in total. The summed E-state index contributed by atoms with van der Waals surface area (Å²) in [7, 11) is 4.07. The topological polar surface area (TPSA) is 17.2 Å². The number of nitrogens with zero attached hydrogens (tertiary/aromatic N) is 2. The van der Waals surface area contributed by atoms with Gasteiger partial charge in [-0.05, 0) is 19.9 Å². The molecule has 1 aromatic heterocycles. The smallest absolute Gasteiger partial charge is 0.208 e. The SMILES string of the molecule is CCOc1c(C=[N+](C)C)c2ccccc2n1CC. The predicted octanol–water partition coefficient (Wildman–Crippen LogP) is 2.75. The Balaban J connectivity index is 2.78. The van der Waals surface area contributed by atoms with Crippen LogP contribution in [0.3, 0.4) is 0 Å². The van der Waals surface area contributed by atoms with Crippen molar-refractivity contribution in [2.24, 2.45) is 0 Å². The minimum absolute atomic E-state index is 0.685.